The van der Waals surface area contributed by atoms with Crippen LogP contribution in [0.15, 0.2) is 54.9 Å². The Kier molecular flexibility index (Phi) is 5.54. The van der Waals surface area contributed by atoms with Gasteiger partial charge in [0.05, 0.1) is 28.7 Å². The van der Waals surface area contributed by atoms with E-state index in [0.717, 1.165) is 17.7 Å². The van der Waals surface area contributed by atoms with Crippen molar-refractivity contribution in [1.82, 2.24) is 4.98 Å². The summed E-state index contributed by atoms with van der Waals surface area (Å²) in [5, 5.41) is 5.47. The number of hydrogen-bond donors (Lipinski definition) is 2. The molecular formula is C21H17F4N3O. The number of amides is 1. The van der Waals surface area contributed by atoms with Crippen molar-refractivity contribution in [2.75, 3.05) is 10.6 Å². The van der Waals surface area contributed by atoms with Gasteiger partial charge in [0.15, 0.2) is 0 Å². The third-order valence-corrected chi connectivity index (χ3v) is 4.18. The number of halogens is 4. The molecule has 0 aliphatic heterocycles. The number of alkyl halides is 3. The summed E-state index contributed by atoms with van der Waals surface area (Å²) in [6.07, 6.45) is -1.62. The Labute approximate surface area is 164 Å². The van der Waals surface area contributed by atoms with Gasteiger partial charge in [0.25, 0.3) is 5.91 Å². The number of aryl methyl sites for hydroxylation is 2. The molecule has 0 saturated heterocycles. The van der Waals surface area contributed by atoms with E-state index in [1.807, 2.05) is 0 Å². The lowest BCUT2D eigenvalue weighted by Gasteiger charge is -2.16. The monoisotopic (exact) mass is 403 g/mol. The van der Waals surface area contributed by atoms with Crippen molar-refractivity contribution in [1.29, 1.82) is 0 Å². The molecule has 0 saturated carbocycles. The molecule has 2 aromatic carbocycles. The van der Waals surface area contributed by atoms with Crippen LogP contribution in [0.4, 0.5) is 34.6 Å². The first-order valence-electron chi connectivity index (χ1n) is 8.61. The summed E-state index contributed by atoms with van der Waals surface area (Å²) in [5.41, 5.74) is 1.15. The number of nitrogens with zero attached hydrogens (tertiary/aromatic N) is 1. The summed E-state index contributed by atoms with van der Waals surface area (Å²) >= 11 is 0. The molecule has 4 nitrogen and oxygen atoms in total. The molecule has 0 spiro atoms. The fourth-order valence-electron chi connectivity index (χ4n) is 2.75. The van der Waals surface area contributed by atoms with Crippen molar-refractivity contribution in [3.05, 3.63) is 82.9 Å². The summed E-state index contributed by atoms with van der Waals surface area (Å²) < 4.78 is 52.9. The second-order valence-corrected chi connectivity index (χ2v) is 6.55. The number of benzene rings is 2. The van der Waals surface area contributed by atoms with Gasteiger partial charge in [-0.25, -0.2) is 4.39 Å². The minimum atomic E-state index is -4.61. The van der Waals surface area contributed by atoms with Crippen LogP contribution < -0.4 is 10.6 Å². The average Bonchev–Trinajstić information content (AvgIpc) is 2.63. The molecule has 0 aliphatic rings. The molecule has 8 heteroatoms. The molecule has 0 atom stereocenters. The zero-order valence-electron chi connectivity index (χ0n) is 15.6. The zero-order valence-corrected chi connectivity index (χ0v) is 15.6. The fourth-order valence-corrected chi connectivity index (χ4v) is 2.75. The Hall–Kier alpha value is -3.42. The maximum absolute atomic E-state index is 13.3. The second-order valence-electron chi connectivity index (χ2n) is 6.55. The van der Waals surface area contributed by atoms with Crippen LogP contribution in [0.25, 0.3) is 0 Å². The van der Waals surface area contributed by atoms with Crippen LogP contribution in [0.5, 0.6) is 0 Å². The predicted molar refractivity (Wildman–Crippen MR) is 103 cm³/mol. The summed E-state index contributed by atoms with van der Waals surface area (Å²) in [4.78, 5) is 16.7. The molecule has 0 unspecified atom stereocenters. The summed E-state index contributed by atoms with van der Waals surface area (Å²) in [6.45, 7) is 3.42. The Bertz CT molecular complexity index is 1060. The van der Waals surface area contributed by atoms with Crippen LogP contribution in [0.2, 0.25) is 0 Å². The van der Waals surface area contributed by atoms with Gasteiger partial charge < -0.3 is 10.6 Å². The topological polar surface area (TPSA) is 54.0 Å². The van der Waals surface area contributed by atoms with Gasteiger partial charge in [0, 0.05) is 11.9 Å². The quantitative estimate of drug-likeness (QED) is 0.537. The lowest BCUT2D eigenvalue weighted by atomic mass is 10.1. The van der Waals surface area contributed by atoms with Crippen molar-refractivity contribution < 1.29 is 22.4 Å². The van der Waals surface area contributed by atoms with Gasteiger partial charge in [0.2, 0.25) is 0 Å². The lowest BCUT2D eigenvalue weighted by molar-refractivity contribution is -0.137. The van der Waals surface area contributed by atoms with E-state index < -0.39 is 23.5 Å². The molecule has 1 heterocycles. The molecule has 3 aromatic rings. The SMILES string of the molecule is Cc1cncc(NC(=O)c2cc(C(F)(F)F)ccc2Nc2ccc(F)cc2C)c1. The number of carbonyl (C=O) groups is 1. The van der Waals surface area contributed by atoms with E-state index in [9.17, 15) is 22.4 Å². The largest absolute Gasteiger partial charge is 0.416 e. The van der Waals surface area contributed by atoms with Crippen molar-refractivity contribution in [3.8, 4) is 0 Å². The molecule has 1 aromatic heterocycles. The Morgan fingerprint density at radius 3 is 2.34 bits per heavy atom. The van der Waals surface area contributed by atoms with Gasteiger partial charge in [-0.05, 0) is 67.4 Å². The molecule has 0 radical (unpaired) electrons. The number of anilines is 3. The highest BCUT2D eigenvalue weighted by molar-refractivity contribution is 6.08. The van der Waals surface area contributed by atoms with Crippen LogP contribution in [-0.2, 0) is 6.18 Å². The molecule has 1 amide bonds. The van der Waals surface area contributed by atoms with E-state index in [1.165, 1.54) is 30.5 Å². The van der Waals surface area contributed by atoms with E-state index in [2.05, 4.69) is 15.6 Å². The number of carbonyl (C=O) groups excluding carboxylic acids is 1. The maximum Gasteiger partial charge on any atom is 0.416 e. The first kappa shape index (κ1) is 20.3. The highest BCUT2D eigenvalue weighted by Gasteiger charge is 2.32. The highest BCUT2D eigenvalue weighted by atomic mass is 19.4. The first-order valence-corrected chi connectivity index (χ1v) is 8.61. The summed E-state index contributed by atoms with van der Waals surface area (Å²) in [5.74, 6) is -1.17. The van der Waals surface area contributed by atoms with Crippen molar-refractivity contribution in [2.24, 2.45) is 0 Å². The number of hydrogen-bond acceptors (Lipinski definition) is 3. The van der Waals surface area contributed by atoms with Gasteiger partial charge >= 0.3 is 6.18 Å². The van der Waals surface area contributed by atoms with Crippen LogP contribution >= 0.6 is 0 Å². The molecule has 3 rings (SSSR count). The van der Waals surface area contributed by atoms with Gasteiger partial charge in [0.1, 0.15) is 5.82 Å². The average molecular weight is 403 g/mol. The van der Waals surface area contributed by atoms with Gasteiger partial charge in [-0.15, -0.1) is 0 Å². The first-order chi connectivity index (χ1) is 13.6. The van der Waals surface area contributed by atoms with E-state index in [4.69, 9.17) is 0 Å². The number of rotatable bonds is 4. The number of aromatic nitrogens is 1. The Morgan fingerprint density at radius 1 is 0.966 bits per heavy atom. The van der Waals surface area contributed by atoms with Crippen LogP contribution in [-0.4, -0.2) is 10.9 Å². The van der Waals surface area contributed by atoms with Gasteiger partial charge in [-0.2, -0.15) is 13.2 Å². The molecule has 0 bridgehead atoms. The van der Waals surface area contributed by atoms with E-state index >= 15 is 0 Å². The van der Waals surface area contributed by atoms with Crippen molar-refractivity contribution in [2.45, 2.75) is 20.0 Å². The van der Waals surface area contributed by atoms with E-state index in [0.29, 0.717) is 16.9 Å². The lowest BCUT2D eigenvalue weighted by Crippen LogP contribution is -2.16. The van der Waals surface area contributed by atoms with Gasteiger partial charge in [-0.3, -0.25) is 9.78 Å². The Morgan fingerprint density at radius 2 is 1.69 bits per heavy atom. The third kappa shape index (κ3) is 4.90. The molecule has 0 aliphatic carbocycles. The Balaban J connectivity index is 2.00. The zero-order chi connectivity index (χ0) is 21.2. The summed E-state index contributed by atoms with van der Waals surface area (Å²) in [6, 6.07) is 8.44. The summed E-state index contributed by atoms with van der Waals surface area (Å²) in [7, 11) is 0. The van der Waals surface area contributed by atoms with Gasteiger partial charge in [-0.1, -0.05) is 0 Å². The predicted octanol–water partition coefficient (Wildman–Crippen LogP) is 5.85. The molecule has 0 fully saturated rings. The maximum atomic E-state index is 13.3. The smallest absolute Gasteiger partial charge is 0.355 e. The van der Waals surface area contributed by atoms with Crippen LogP contribution in [0.1, 0.15) is 27.0 Å². The van der Waals surface area contributed by atoms with Crippen LogP contribution in [0.3, 0.4) is 0 Å². The van der Waals surface area contributed by atoms with Crippen molar-refractivity contribution in [3.63, 3.8) is 0 Å². The standard InChI is InChI=1S/C21H17F4N3O/c1-12-7-16(11-26-10-12)27-20(29)17-9-14(21(23,24)25)3-5-19(17)28-18-6-4-15(22)8-13(18)2/h3-11,28H,1-2H3,(H,27,29). The molecule has 2 N–H and O–H groups in total. The molecular weight excluding hydrogens is 386 g/mol. The number of nitrogens with one attached hydrogen (secondary N) is 2. The van der Waals surface area contributed by atoms with E-state index in [1.54, 1.807) is 26.1 Å². The van der Waals surface area contributed by atoms with Crippen molar-refractivity contribution >= 4 is 23.0 Å². The fraction of sp³-hybridized carbons (Fsp3) is 0.143. The molecule has 29 heavy (non-hydrogen) atoms. The highest BCUT2D eigenvalue weighted by Crippen LogP contribution is 2.33. The van der Waals surface area contributed by atoms with E-state index in [-0.39, 0.29) is 11.3 Å². The minimum absolute atomic E-state index is 0.158. The third-order valence-electron chi connectivity index (χ3n) is 4.18. The van der Waals surface area contributed by atoms with Crippen LogP contribution in [0, 0.1) is 19.7 Å². The normalized spacial score (nSPS) is 11.2. The minimum Gasteiger partial charge on any atom is -0.355 e. The molecule has 150 valence electrons. The second kappa shape index (κ2) is 7.90. The number of pyridine rings is 1.